The summed E-state index contributed by atoms with van der Waals surface area (Å²) in [5.74, 6) is 0.137. The van der Waals surface area contributed by atoms with E-state index in [1.54, 1.807) is 6.20 Å². The Bertz CT molecular complexity index is 455. The summed E-state index contributed by atoms with van der Waals surface area (Å²) < 4.78 is 26.7. The fourth-order valence-electron chi connectivity index (χ4n) is 1.70. The lowest BCUT2D eigenvalue weighted by molar-refractivity contribution is 0.468. The maximum atomic E-state index is 12.0. The quantitative estimate of drug-likeness (QED) is 0.681. The summed E-state index contributed by atoms with van der Waals surface area (Å²) in [5.41, 5.74) is -0.649. The lowest BCUT2D eigenvalue weighted by Crippen LogP contribution is -2.42. The minimum atomic E-state index is -3.28. The number of thiazole rings is 1. The summed E-state index contributed by atoms with van der Waals surface area (Å²) in [5, 5.41) is 5.82. The molecule has 0 atom stereocenters. The van der Waals surface area contributed by atoms with Crippen LogP contribution < -0.4 is 10.0 Å². The SMILES string of the molecule is CCCNCCCS(=O)(=O)NC(C)(C)c1nccs1. The van der Waals surface area contributed by atoms with Gasteiger partial charge in [-0.2, -0.15) is 0 Å². The average molecular weight is 305 g/mol. The van der Waals surface area contributed by atoms with E-state index >= 15 is 0 Å². The predicted molar refractivity (Wildman–Crippen MR) is 79.8 cm³/mol. The highest BCUT2D eigenvalue weighted by atomic mass is 32.2. The predicted octanol–water partition coefficient (Wildman–Crippen LogP) is 1.69. The van der Waals surface area contributed by atoms with Crippen molar-refractivity contribution in [2.45, 2.75) is 39.2 Å². The van der Waals surface area contributed by atoms with E-state index in [2.05, 4.69) is 21.9 Å². The van der Waals surface area contributed by atoms with Crippen LogP contribution in [-0.4, -0.2) is 32.2 Å². The number of sulfonamides is 1. The first-order chi connectivity index (χ1) is 8.87. The van der Waals surface area contributed by atoms with Crippen LogP contribution in [0.25, 0.3) is 0 Å². The van der Waals surface area contributed by atoms with E-state index in [9.17, 15) is 8.42 Å². The molecule has 0 radical (unpaired) electrons. The highest BCUT2D eigenvalue weighted by Crippen LogP contribution is 2.22. The molecule has 0 fully saturated rings. The second-order valence-electron chi connectivity index (χ2n) is 4.99. The number of hydrogen-bond donors (Lipinski definition) is 2. The summed E-state index contributed by atoms with van der Waals surface area (Å²) in [6.07, 6.45) is 3.36. The molecule has 110 valence electrons. The Balaban J connectivity index is 2.46. The topological polar surface area (TPSA) is 71.1 Å². The Morgan fingerprint density at radius 2 is 2.11 bits per heavy atom. The van der Waals surface area contributed by atoms with Crippen molar-refractivity contribution in [2.75, 3.05) is 18.8 Å². The van der Waals surface area contributed by atoms with Crippen molar-refractivity contribution < 1.29 is 8.42 Å². The molecule has 0 spiro atoms. The van der Waals surface area contributed by atoms with E-state index < -0.39 is 15.6 Å². The maximum absolute atomic E-state index is 12.0. The van der Waals surface area contributed by atoms with Crippen molar-refractivity contribution >= 4 is 21.4 Å². The van der Waals surface area contributed by atoms with Gasteiger partial charge in [0, 0.05) is 11.6 Å². The first-order valence-corrected chi connectivity index (χ1v) is 9.03. The van der Waals surface area contributed by atoms with Crippen LogP contribution >= 0.6 is 11.3 Å². The largest absolute Gasteiger partial charge is 0.317 e. The molecular formula is C12H23N3O2S2. The van der Waals surface area contributed by atoms with Crippen LogP contribution in [0.15, 0.2) is 11.6 Å². The van der Waals surface area contributed by atoms with E-state index in [-0.39, 0.29) is 5.75 Å². The highest BCUT2D eigenvalue weighted by Gasteiger charge is 2.28. The molecule has 0 bridgehead atoms. The number of rotatable bonds is 9. The van der Waals surface area contributed by atoms with Gasteiger partial charge >= 0.3 is 0 Å². The summed E-state index contributed by atoms with van der Waals surface area (Å²) in [7, 11) is -3.28. The van der Waals surface area contributed by atoms with Gasteiger partial charge in [-0.05, 0) is 39.8 Å². The lowest BCUT2D eigenvalue weighted by atomic mass is 10.1. The van der Waals surface area contributed by atoms with Crippen LogP contribution in [0, 0.1) is 0 Å². The Hall–Kier alpha value is -0.500. The minimum absolute atomic E-state index is 0.137. The summed E-state index contributed by atoms with van der Waals surface area (Å²) in [6, 6.07) is 0. The van der Waals surface area contributed by atoms with Crippen molar-refractivity contribution in [3.05, 3.63) is 16.6 Å². The fraction of sp³-hybridized carbons (Fsp3) is 0.750. The Labute approximate surface area is 119 Å². The standard InChI is InChI=1S/C12H23N3O2S2/c1-4-6-13-7-5-10-19(16,17)15-12(2,3)11-14-8-9-18-11/h8-9,13,15H,4-7,10H2,1-3H3. The van der Waals surface area contributed by atoms with Gasteiger partial charge in [0.1, 0.15) is 5.01 Å². The van der Waals surface area contributed by atoms with Crippen LogP contribution in [0.1, 0.15) is 38.6 Å². The number of hydrogen-bond acceptors (Lipinski definition) is 5. The van der Waals surface area contributed by atoms with E-state index in [1.165, 1.54) is 11.3 Å². The third-order valence-electron chi connectivity index (χ3n) is 2.57. The van der Waals surface area contributed by atoms with Crippen LogP contribution in [-0.2, 0) is 15.6 Å². The second kappa shape index (κ2) is 7.33. The number of nitrogens with zero attached hydrogens (tertiary/aromatic N) is 1. The lowest BCUT2D eigenvalue weighted by Gasteiger charge is -2.23. The molecule has 0 aliphatic carbocycles. The molecular weight excluding hydrogens is 282 g/mol. The van der Waals surface area contributed by atoms with Gasteiger partial charge < -0.3 is 5.32 Å². The molecule has 1 rings (SSSR count). The van der Waals surface area contributed by atoms with Crippen LogP contribution in [0.2, 0.25) is 0 Å². The van der Waals surface area contributed by atoms with Crippen molar-refractivity contribution in [3.8, 4) is 0 Å². The molecule has 1 aromatic rings. The summed E-state index contributed by atoms with van der Waals surface area (Å²) in [4.78, 5) is 4.17. The van der Waals surface area contributed by atoms with E-state index in [4.69, 9.17) is 0 Å². The summed E-state index contributed by atoms with van der Waals surface area (Å²) in [6.45, 7) is 7.41. The zero-order valence-corrected chi connectivity index (χ0v) is 13.4. The Morgan fingerprint density at radius 3 is 2.68 bits per heavy atom. The van der Waals surface area contributed by atoms with Crippen LogP contribution in [0.5, 0.6) is 0 Å². The molecule has 1 heterocycles. The third kappa shape index (κ3) is 5.99. The van der Waals surface area contributed by atoms with E-state index in [0.717, 1.165) is 24.5 Å². The summed E-state index contributed by atoms with van der Waals surface area (Å²) >= 11 is 1.46. The van der Waals surface area contributed by atoms with Gasteiger partial charge in [0.25, 0.3) is 0 Å². The first-order valence-electron chi connectivity index (χ1n) is 6.50. The molecule has 2 N–H and O–H groups in total. The number of aromatic nitrogens is 1. The minimum Gasteiger partial charge on any atom is -0.317 e. The van der Waals surface area contributed by atoms with Crippen molar-refractivity contribution in [1.82, 2.24) is 15.0 Å². The van der Waals surface area contributed by atoms with Gasteiger partial charge in [0.2, 0.25) is 10.0 Å². The van der Waals surface area contributed by atoms with Gasteiger partial charge in [-0.15, -0.1) is 11.3 Å². The van der Waals surface area contributed by atoms with Crippen molar-refractivity contribution in [2.24, 2.45) is 0 Å². The molecule has 19 heavy (non-hydrogen) atoms. The molecule has 5 nitrogen and oxygen atoms in total. The Morgan fingerprint density at radius 1 is 1.37 bits per heavy atom. The third-order valence-corrected chi connectivity index (χ3v) is 5.32. The van der Waals surface area contributed by atoms with Crippen LogP contribution in [0.4, 0.5) is 0 Å². The zero-order chi connectivity index (χ0) is 14.4. The molecule has 0 amide bonds. The van der Waals surface area contributed by atoms with Gasteiger partial charge in [0.05, 0.1) is 11.3 Å². The van der Waals surface area contributed by atoms with E-state index in [1.807, 2.05) is 19.2 Å². The molecule has 0 saturated heterocycles. The molecule has 7 heteroatoms. The molecule has 0 aliphatic rings. The van der Waals surface area contributed by atoms with Crippen LogP contribution in [0.3, 0.4) is 0 Å². The molecule has 0 saturated carbocycles. The highest BCUT2D eigenvalue weighted by molar-refractivity contribution is 7.89. The number of nitrogens with one attached hydrogen (secondary N) is 2. The van der Waals surface area contributed by atoms with Crippen molar-refractivity contribution in [1.29, 1.82) is 0 Å². The molecule has 0 aromatic carbocycles. The monoisotopic (exact) mass is 305 g/mol. The molecule has 0 unspecified atom stereocenters. The maximum Gasteiger partial charge on any atom is 0.212 e. The average Bonchev–Trinajstić information content (AvgIpc) is 2.81. The van der Waals surface area contributed by atoms with E-state index in [0.29, 0.717) is 6.42 Å². The molecule has 0 aliphatic heterocycles. The smallest absolute Gasteiger partial charge is 0.212 e. The zero-order valence-electron chi connectivity index (χ0n) is 11.8. The van der Waals surface area contributed by atoms with Gasteiger partial charge in [-0.1, -0.05) is 6.92 Å². The van der Waals surface area contributed by atoms with Gasteiger partial charge in [-0.3, -0.25) is 0 Å². The first kappa shape index (κ1) is 16.6. The second-order valence-corrected chi connectivity index (χ2v) is 7.72. The molecule has 1 aromatic heterocycles. The van der Waals surface area contributed by atoms with Gasteiger partial charge in [-0.25, -0.2) is 18.1 Å². The van der Waals surface area contributed by atoms with Crippen molar-refractivity contribution in [3.63, 3.8) is 0 Å². The van der Waals surface area contributed by atoms with Gasteiger partial charge in [0.15, 0.2) is 0 Å². The fourth-order valence-corrected chi connectivity index (χ4v) is 3.99. The normalized spacial score (nSPS) is 12.8. The Kier molecular flexibility index (Phi) is 6.38.